The highest BCUT2D eigenvalue weighted by Crippen LogP contribution is 1.87. The smallest absolute Gasteiger partial charge is 0.109 e. The molecule has 0 aromatic heterocycles. The maximum atomic E-state index is 4.22. The second-order valence-electron chi connectivity index (χ2n) is 0.644. The summed E-state index contributed by atoms with van der Waals surface area (Å²) in [5, 5.41) is 0. The van der Waals surface area contributed by atoms with Gasteiger partial charge in [0.2, 0.25) is 0 Å². The van der Waals surface area contributed by atoms with Crippen LogP contribution in [-0.2, 0) is 9.78 Å². The molecule has 1 saturated heterocycles. The fourth-order valence-electron chi connectivity index (χ4n) is 0.0833. The molecule has 1 aliphatic rings. The zero-order valence-corrected chi connectivity index (χ0v) is 2.73. The average Bonchev–Trinajstić information content (AvgIpc) is 0.722. The molecule has 5 heavy (non-hydrogen) atoms. The summed E-state index contributed by atoms with van der Waals surface area (Å²) < 4.78 is 0. The van der Waals surface area contributed by atoms with Gasteiger partial charge < -0.3 is 5.48 Å². The van der Waals surface area contributed by atoms with Crippen molar-refractivity contribution in [2.75, 3.05) is 13.2 Å². The van der Waals surface area contributed by atoms with Gasteiger partial charge in [0.25, 0.3) is 0 Å². The lowest BCUT2D eigenvalue weighted by atomic mass is 10.8. The maximum Gasteiger partial charge on any atom is 0.109 e. The van der Waals surface area contributed by atoms with Gasteiger partial charge in [-0.2, -0.15) is 0 Å². The van der Waals surface area contributed by atoms with E-state index in [0.717, 1.165) is 13.2 Å². The summed E-state index contributed by atoms with van der Waals surface area (Å²) in [6, 6.07) is 0. The van der Waals surface area contributed by atoms with E-state index in [4.69, 9.17) is 0 Å². The van der Waals surface area contributed by atoms with Crippen molar-refractivity contribution in [2.24, 2.45) is 0 Å². The van der Waals surface area contributed by atoms with Gasteiger partial charge in [-0.05, 0) is 0 Å². The van der Waals surface area contributed by atoms with Crippen LogP contribution in [0, 0.1) is 0 Å². The molecule has 32 valence electrons. The van der Waals surface area contributed by atoms with Gasteiger partial charge in [0, 0.05) is 0 Å². The van der Waals surface area contributed by atoms with E-state index in [1.165, 1.54) is 0 Å². The molecule has 3 nitrogen and oxygen atoms in total. The number of rotatable bonds is 0. The Kier molecular flexibility index (Phi) is 2.09. The van der Waals surface area contributed by atoms with Crippen molar-refractivity contribution in [2.45, 2.75) is 0 Å². The minimum absolute atomic E-state index is 0. The van der Waals surface area contributed by atoms with Crippen LogP contribution in [0.2, 0.25) is 0 Å². The van der Waals surface area contributed by atoms with E-state index < -0.39 is 0 Å². The Bertz CT molecular complexity index is 12.9. The third kappa shape index (κ3) is 0.911. The molecule has 0 saturated carbocycles. The predicted octanol–water partition coefficient (Wildman–Crippen LogP) is -0.877. The molecule has 0 amide bonds. The third-order valence-corrected chi connectivity index (χ3v) is 0.333. The van der Waals surface area contributed by atoms with Gasteiger partial charge in [0.1, 0.15) is 13.2 Å². The molecule has 3 heteroatoms. The quantitative estimate of drug-likeness (QED) is 0.353. The molecule has 0 unspecified atom stereocenters. The average molecular weight is 78.1 g/mol. The topological polar surface area (TPSA) is 50.0 Å². The Labute approximate surface area is 29.7 Å². The summed E-state index contributed by atoms with van der Waals surface area (Å²) >= 11 is 0. The van der Waals surface area contributed by atoms with E-state index >= 15 is 0 Å². The maximum absolute atomic E-state index is 4.22. The standard InChI is InChI=1S/C2H4O2.H2O/c1-2-4-3-1;/h1-2H2;1H2. The third-order valence-electron chi connectivity index (χ3n) is 0.333. The van der Waals surface area contributed by atoms with Crippen LogP contribution in [-0.4, -0.2) is 18.7 Å². The molecule has 0 radical (unpaired) electrons. The van der Waals surface area contributed by atoms with Crippen LogP contribution in [0.4, 0.5) is 0 Å². The molecular weight excluding hydrogens is 72.0 g/mol. The highest BCUT2D eigenvalue weighted by atomic mass is 17.2. The lowest BCUT2D eigenvalue weighted by Gasteiger charge is -2.08. The van der Waals surface area contributed by atoms with Gasteiger partial charge in [0.15, 0.2) is 0 Å². The van der Waals surface area contributed by atoms with Crippen LogP contribution in [0.3, 0.4) is 0 Å². The summed E-state index contributed by atoms with van der Waals surface area (Å²) in [5.74, 6) is 0. The van der Waals surface area contributed by atoms with Crippen molar-refractivity contribution >= 4 is 0 Å². The first-order valence-corrected chi connectivity index (χ1v) is 1.24. The summed E-state index contributed by atoms with van der Waals surface area (Å²) in [6.07, 6.45) is 0. The SMILES string of the molecule is C1COO1.O. The molecule has 0 spiro atoms. The van der Waals surface area contributed by atoms with E-state index in [1.807, 2.05) is 0 Å². The Morgan fingerprint density at radius 2 is 1.20 bits per heavy atom. The first kappa shape index (κ1) is 4.88. The molecule has 0 aliphatic carbocycles. The summed E-state index contributed by atoms with van der Waals surface area (Å²) in [6.45, 7) is 1.56. The Balaban J connectivity index is 0.000000160. The van der Waals surface area contributed by atoms with Crippen molar-refractivity contribution in [3.63, 3.8) is 0 Å². The van der Waals surface area contributed by atoms with Crippen LogP contribution in [0.15, 0.2) is 0 Å². The van der Waals surface area contributed by atoms with E-state index in [-0.39, 0.29) is 5.48 Å². The Morgan fingerprint density at radius 3 is 1.20 bits per heavy atom. The molecule has 1 heterocycles. The highest BCUT2D eigenvalue weighted by molar-refractivity contribution is 4.22. The van der Waals surface area contributed by atoms with Gasteiger partial charge in [-0.3, -0.25) is 0 Å². The molecular formula is C2H6O3. The minimum Gasteiger partial charge on any atom is -0.412 e. The summed E-state index contributed by atoms with van der Waals surface area (Å²) in [5.41, 5.74) is 0. The predicted molar refractivity (Wildman–Crippen MR) is 15.5 cm³/mol. The van der Waals surface area contributed by atoms with E-state index in [9.17, 15) is 0 Å². The van der Waals surface area contributed by atoms with Gasteiger partial charge in [-0.25, -0.2) is 9.78 Å². The molecule has 0 aromatic rings. The fraction of sp³-hybridized carbons (Fsp3) is 1.00. The highest BCUT2D eigenvalue weighted by Gasteiger charge is 1.95. The zero-order chi connectivity index (χ0) is 2.83. The zero-order valence-electron chi connectivity index (χ0n) is 2.73. The molecule has 0 atom stereocenters. The van der Waals surface area contributed by atoms with Crippen molar-refractivity contribution in [1.82, 2.24) is 0 Å². The first-order chi connectivity index (χ1) is 2.00. The Hall–Kier alpha value is -0.120. The number of hydrogen-bond donors (Lipinski definition) is 0. The van der Waals surface area contributed by atoms with Crippen LogP contribution < -0.4 is 0 Å². The van der Waals surface area contributed by atoms with Crippen molar-refractivity contribution in [3.05, 3.63) is 0 Å². The lowest BCUT2D eigenvalue weighted by Crippen LogP contribution is -2.14. The van der Waals surface area contributed by atoms with Gasteiger partial charge in [-0.1, -0.05) is 0 Å². The summed E-state index contributed by atoms with van der Waals surface area (Å²) in [7, 11) is 0. The van der Waals surface area contributed by atoms with Gasteiger partial charge in [0.05, 0.1) is 0 Å². The summed E-state index contributed by atoms with van der Waals surface area (Å²) in [4.78, 5) is 8.44. The number of hydrogen-bond acceptors (Lipinski definition) is 2. The normalized spacial score (nSPS) is 19.2. The van der Waals surface area contributed by atoms with Gasteiger partial charge >= 0.3 is 0 Å². The molecule has 0 bridgehead atoms. The van der Waals surface area contributed by atoms with Crippen LogP contribution >= 0.6 is 0 Å². The molecule has 2 N–H and O–H groups in total. The largest absolute Gasteiger partial charge is 0.412 e. The van der Waals surface area contributed by atoms with E-state index in [1.54, 1.807) is 0 Å². The monoisotopic (exact) mass is 78.0 g/mol. The first-order valence-electron chi connectivity index (χ1n) is 1.24. The Morgan fingerprint density at radius 1 is 1.00 bits per heavy atom. The van der Waals surface area contributed by atoms with Gasteiger partial charge in [-0.15, -0.1) is 0 Å². The van der Waals surface area contributed by atoms with Crippen molar-refractivity contribution in [3.8, 4) is 0 Å². The molecule has 1 rings (SSSR count). The van der Waals surface area contributed by atoms with Crippen molar-refractivity contribution < 1.29 is 15.3 Å². The minimum atomic E-state index is 0. The second-order valence-corrected chi connectivity index (χ2v) is 0.644. The van der Waals surface area contributed by atoms with E-state index in [2.05, 4.69) is 9.78 Å². The lowest BCUT2D eigenvalue weighted by molar-refractivity contribution is -0.382. The molecule has 1 aliphatic heterocycles. The van der Waals surface area contributed by atoms with Crippen molar-refractivity contribution in [1.29, 1.82) is 0 Å². The van der Waals surface area contributed by atoms with Crippen LogP contribution in [0.25, 0.3) is 0 Å². The molecule has 1 fully saturated rings. The second kappa shape index (κ2) is 2.14. The fourth-order valence-corrected chi connectivity index (χ4v) is 0.0833. The molecule has 0 aromatic carbocycles. The van der Waals surface area contributed by atoms with Crippen LogP contribution in [0.5, 0.6) is 0 Å². The van der Waals surface area contributed by atoms with Crippen LogP contribution in [0.1, 0.15) is 0 Å². The van der Waals surface area contributed by atoms with E-state index in [0.29, 0.717) is 0 Å².